The molecule has 3 aliphatic heterocycles. The van der Waals surface area contributed by atoms with Gasteiger partial charge < -0.3 is 14.2 Å². The Balaban J connectivity index is 1.45. The van der Waals surface area contributed by atoms with Gasteiger partial charge in [-0.15, -0.1) is 0 Å². The van der Waals surface area contributed by atoms with Crippen LogP contribution in [0.5, 0.6) is 0 Å². The summed E-state index contributed by atoms with van der Waals surface area (Å²) < 4.78 is 106. The van der Waals surface area contributed by atoms with Crippen LogP contribution in [0, 0.1) is 0 Å². The van der Waals surface area contributed by atoms with Crippen molar-refractivity contribution in [3.63, 3.8) is 0 Å². The molecule has 13 heteroatoms. The summed E-state index contributed by atoms with van der Waals surface area (Å²) in [7, 11) is 1.92. The Morgan fingerprint density at radius 2 is 1.59 bits per heavy atom. The number of epoxide rings is 1. The van der Waals surface area contributed by atoms with Crippen LogP contribution in [0.1, 0.15) is 24.3 Å². The molecule has 1 aromatic carbocycles. The van der Waals surface area contributed by atoms with Gasteiger partial charge >= 0.3 is 30.0 Å². The quantitative estimate of drug-likeness (QED) is 0.326. The van der Waals surface area contributed by atoms with Gasteiger partial charge in [-0.25, -0.2) is 4.79 Å². The van der Waals surface area contributed by atoms with Crippen LogP contribution in [0.25, 0.3) is 0 Å². The number of hydrogen-bond acceptors (Lipinski definition) is 6. The fourth-order valence-corrected chi connectivity index (χ4v) is 4.58. The predicted octanol–water partition coefficient (Wildman–Crippen LogP) is 3.30. The molecule has 0 N–H and O–H groups in total. The van der Waals surface area contributed by atoms with Gasteiger partial charge in [0.05, 0.1) is 0 Å². The van der Waals surface area contributed by atoms with Crippen LogP contribution >= 0.6 is 0 Å². The van der Waals surface area contributed by atoms with Crippen LogP contribution in [0.15, 0.2) is 30.3 Å². The number of piperidine rings is 1. The van der Waals surface area contributed by atoms with Crippen LogP contribution in [0.4, 0.5) is 30.7 Å². The van der Waals surface area contributed by atoms with Crippen molar-refractivity contribution < 1.29 is 54.5 Å². The van der Waals surface area contributed by atoms with Gasteiger partial charge in [0.2, 0.25) is 0 Å². The Hall–Kier alpha value is -2.41. The molecule has 6 atom stereocenters. The number of hydrogen-bond donors (Lipinski definition) is 0. The number of benzene rings is 1. The molecule has 0 amide bonds. The number of likely N-dealkylation sites (N-methyl/N-ethyl adjacent to an activating group) is 1. The number of ether oxygens (including phenoxy) is 3. The zero-order valence-electron chi connectivity index (χ0n) is 17.6. The van der Waals surface area contributed by atoms with Crippen molar-refractivity contribution in [3.8, 4) is 0 Å². The summed E-state index contributed by atoms with van der Waals surface area (Å²) in [5.41, 5.74) is 0.147. The highest BCUT2D eigenvalue weighted by Gasteiger charge is 2.77. The molecule has 3 saturated heterocycles. The third kappa shape index (κ3) is 4.12. The second-order valence-electron chi connectivity index (χ2n) is 8.60. The van der Waals surface area contributed by atoms with Gasteiger partial charge in [-0.3, -0.25) is 9.69 Å². The third-order valence-corrected chi connectivity index (χ3v) is 6.53. The predicted molar refractivity (Wildman–Crippen MR) is 99.2 cm³/mol. The van der Waals surface area contributed by atoms with E-state index >= 15 is 0 Å². The maximum Gasteiger partial charge on any atom is 0.460 e. The molecule has 0 aliphatic carbocycles. The van der Waals surface area contributed by atoms with Crippen molar-refractivity contribution in [2.75, 3.05) is 13.7 Å². The van der Waals surface area contributed by atoms with Gasteiger partial charge in [0.15, 0.2) is 0 Å². The van der Waals surface area contributed by atoms with E-state index in [0.717, 1.165) is 0 Å². The summed E-state index contributed by atoms with van der Waals surface area (Å²) in [6, 6.07) is 7.33. The van der Waals surface area contributed by atoms with E-state index in [0.29, 0.717) is 12.8 Å². The first-order valence-electron chi connectivity index (χ1n) is 10.4. The number of alkyl halides is 7. The molecule has 3 aliphatic rings. The second kappa shape index (κ2) is 8.36. The van der Waals surface area contributed by atoms with Crippen molar-refractivity contribution in [1.29, 1.82) is 0 Å². The van der Waals surface area contributed by atoms with Crippen molar-refractivity contribution in [2.45, 2.75) is 67.2 Å². The van der Waals surface area contributed by atoms with Gasteiger partial charge in [-0.05, 0) is 12.6 Å². The summed E-state index contributed by atoms with van der Waals surface area (Å²) in [5, 5.41) is 0. The van der Waals surface area contributed by atoms with Gasteiger partial charge in [-0.2, -0.15) is 30.7 Å². The molecule has 1 aromatic rings. The normalized spacial score (nSPS) is 29.8. The number of fused-ring (bicyclic) bond motifs is 5. The highest BCUT2D eigenvalue weighted by atomic mass is 19.4. The van der Waals surface area contributed by atoms with Crippen molar-refractivity contribution in [3.05, 3.63) is 35.9 Å². The number of rotatable bonds is 7. The Bertz CT molecular complexity index is 923. The summed E-state index contributed by atoms with van der Waals surface area (Å²) in [4.78, 5) is 26.5. The van der Waals surface area contributed by atoms with Crippen molar-refractivity contribution in [2.24, 2.45) is 0 Å². The van der Waals surface area contributed by atoms with Crippen LogP contribution in [-0.4, -0.2) is 78.9 Å². The Labute approximate surface area is 188 Å². The van der Waals surface area contributed by atoms with E-state index in [1.807, 2.05) is 7.05 Å². The average Bonchev–Trinajstić information content (AvgIpc) is 3.52. The zero-order chi connectivity index (χ0) is 25.1. The molecule has 2 bridgehead atoms. The molecule has 34 heavy (non-hydrogen) atoms. The minimum atomic E-state index is -6.69. The topological polar surface area (TPSA) is 68.4 Å². The number of carbonyl (C=O) groups excluding carboxylic acids is 2. The number of esters is 2. The minimum absolute atomic E-state index is 0.0258. The first-order valence-corrected chi connectivity index (χ1v) is 10.4. The fourth-order valence-electron chi connectivity index (χ4n) is 4.58. The Morgan fingerprint density at radius 1 is 1.03 bits per heavy atom. The average molecular weight is 499 g/mol. The van der Waals surface area contributed by atoms with E-state index < -0.39 is 48.6 Å². The minimum Gasteiger partial charge on any atom is -0.462 e. The lowest BCUT2D eigenvalue weighted by Crippen LogP contribution is -2.56. The molecule has 3 heterocycles. The standard InChI is InChI=1S/C21H20F7NO5/c1-29-13-7-11(8-14(29)16-15(13)34-16)33-17(30)12(10-5-3-2-4-6-10)9-32-18(31)19(22,23)20(24,25)21(26,27)28/h2-6,11-16H,7-9H2,1H3/t11?,12-,13-,14+,15-,16+/m1/s1. The molecule has 0 aromatic heterocycles. The molecule has 1 unspecified atom stereocenters. The molecule has 188 valence electrons. The first kappa shape index (κ1) is 24.7. The lowest BCUT2D eigenvalue weighted by molar-refractivity contribution is -0.348. The van der Waals surface area contributed by atoms with Crippen molar-refractivity contribution in [1.82, 2.24) is 4.90 Å². The van der Waals surface area contributed by atoms with E-state index in [2.05, 4.69) is 9.64 Å². The van der Waals surface area contributed by atoms with Gasteiger partial charge in [0.1, 0.15) is 30.8 Å². The monoisotopic (exact) mass is 499 g/mol. The largest absolute Gasteiger partial charge is 0.462 e. The maximum atomic E-state index is 13.6. The van der Waals surface area contributed by atoms with Crippen molar-refractivity contribution >= 4 is 11.9 Å². The summed E-state index contributed by atoms with van der Waals surface area (Å²) in [6.45, 7) is -1.21. The van der Waals surface area contributed by atoms with Gasteiger partial charge in [0.25, 0.3) is 0 Å². The second-order valence-corrected chi connectivity index (χ2v) is 8.60. The smallest absolute Gasteiger partial charge is 0.460 e. The maximum absolute atomic E-state index is 13.6. The SMILES string of the molecule is CN1[C@@H]2CC(OC(=O)[C@H](COC(=O)C(F)(F)C(F)(F)C(F)(F)F)c3ccccc3)C[C@H]1[C@@H]1O[C@@H]12. The van der Waals surface area contributed by atoms with Gasteiger partial charge in [0, 0.05) is 24.9 Å². The molecule has 4 rings (SSSR count). The molecule has 6 nitrogen and oxygen atoms in total. The van der Waals surface area contributed by atoms with Crippen LogP contribution < -0.4 is 0 Å². The highest BCUT2D eigenvalue weighted by molar-refractivity contribution is 5.81. The van der Waals surface area contributed by atoms with E-state index in [1.165, 1.54) is 24.3 Å². The Kier molecular flexibility index (Phi) is 6.08. The van der Waals surface area contributed by atoms with Crippen LogP contribution in [-0.2, 0) is 23.8 Å². The third-order valence-electron chi connectivity index (χ3n) is 6.53. The number of nitrogens with zero attached hydrogens (tertiary/aromatic N) is 1. The summed E-state index contributed by atoms with van der Waals surface area (Å²) in [5.74, 6) is -18.4. The molecular formula is C21H20F7NO5. The van der Waals surface area contributed by atoms with Gasteiger partial charge in [-0.1, -0.05) is 30.3 Å². The zero-order valence-corrected chi connectivity index (χ0v) is 17.6. The molecular weight excluding hydrogens is 479 g/mol. The number of morpholine rings is 1. The van der Waals surface area contributed by atoms with E-state index in [4.69, 9.17) is 9.47 Å². The molecule has 0 saturated carbocycles. The fraction of sp³-hybridized carbons (Fsp3) is 0.619. The lowest BCUT2D eigenvalue weighted by atomic mass is 9.97. The van der Waals surface area contributed by atoms with Crippen LogP contribution in [0.2, 0.25) is 0 Å². The van der Waals surface area contributed by atoms with Crippen LogP contribution in [0.3, 0.4) is 0 Å². The number of halogens is 7. The first-order chi connectivity index (χ1) is 15.8. The lowest BCUT2D eigenvalue weighted by Gasteiger charge is -2.38. The van der Waals surface area contributed by atoms with E-state index in [1.54, 1.807) is 6.07 Å². The number of carbonyl (C=O) groups is 2. The molecule has 3 fully saturated rings. The highest BCUT2D eigenvalue weighted by Crippen LogP contribution is 2.49. The molecule has 0 spiro atoms. The summed E-state index contributed by atoms with van der Waals surface area (Å²) >= 11 is 0. The Morgan fingerprint density at radius 3 is 2.12 bits per heavy atom. The molecule has 0 radical (unpaired) electrons. The van der Waals surface area contributed by atoms with E-state index in [-0.39, 0.29) is 29.9 Å². The van der Waals surface area contributed by atoms with E-state index in [9.17, 15) is 40.3 Å². The summed E-state index contributed by atoms with van der Waals surface area (Å²) in [6.07, 6.45) is -6.27.